The van der Waals surface area contributed by atoms with E-state index in [-0.39, 0.29) is 12.5 Å². The molecule has 8 nitrogen and oxygen atoms in total. The molecule has 0 fully saturated rings. The van der Waals surface area contributed by atoms with Crippen LogP contribution in [0.15, 0.2) is 51.9 Å². The number of fused-ring (bicyclic) bond motifs is 1. The summed E-state index contributed by atoms with van der Waals surface area (Å²) in [4.78, 5) is 16.6. The summed E-state index contributed by atoms with van der Waals surface area (Å²) < 4.78 is 12.1. The molecule has 0 atom stereocenters. The minimum atomic E-state index is -0.250. The highest BCUT2D eigenvalue weighted by Gasteiger charge is 2.14. The van der Waals surface area contributed by atoms with Gasteiger partial charge in [0.1, 0.15) is 5.69 Å². The Morgan fingerprint density at radius 3 is 3.08 bits per heavy atom. The van der Waals surface area contributed by atoms with E-state index < -0.39 is 0 Å². The number of nitrogens with zero attached hydrogens (tertiary/aromatic N) is 4. The first-order chi connectivity index (χ1) is 11.7. The van der Waals surface area contributed by atoms with Gasteiger partial charge in [-0.25, -0.2) is 9.50 Å². The summed E-state index contributed by atoms with van der Waals surface area (Å²) in [5, 5.41) is 10.9. The highest BCUT2D eigenvalue weighted by molar-refractivity contribution is 5.95. The Morgan fingerprint density at radius 1 is 1.33 bits per heavy atom. The van der Waals surface area contributed by atoms with Crippen molar-refractivity contribution in [2.75, 3.05) is 0 Å². The Balaban J connectivity index is 1.49. The van der Waals surface area contributed by atoms with E-state index in [1.54, 1.807) is 47.4 Å². The molecule has 1 amide bonds. The largest absolute Gasteiger partial charge is 0.461 e. The normalized spacial score (nSPS) is 11.0. The van der Waals surface area contributed by atoms with Crippen LogP contribution in [0.3, 0.4) is 0 Å². The van der Waals surface area contributed by atoms with Crippen LogP contribution in [-0.4, -0.2) is 25.7 Å². The third kappa shape index (κ3) is 2.43. The maximum atomic E-state index is 12.4. The zero-order chi connectivity index (χ0) is 16.5. The number of carbonyl (C=O) groups excluding carboxylic acids is 1. The van der Waals surface area contributed by atoms with Gasteiger partial charge in [0.25, 0.3) is 5.91 Å². The van der Waals surface area contributed by atoms with Crippen LogP contribution >= 0.6 is 0 Å². The predicted molar refractivity (Wildman–Crippen MR) is 83.1 cm³/mol. The van der Waals surface area contributed by atoms with Crippen molar-refractivity contribution in [1.29, 1.82) is 0 Å². The number of nitrogens with one attached hydrogen (secondary N) is 1. The van der Waals surface area contributed by atoms with Crippen LogP contribution in [0.2, 0.25) is 0 Å². The lowest BCUT2D eigenvalue weighted by molar-refractivity contribution is 0.0948. The maximum absolute atomic E-state index is 12.4. The number of hydrogen-bond acceptors (Lipinski definition) is 6. The number of carbonyl (C=O) groups is 1. The van der Waals surface area contributed by atoms with Crippen LogP contribution in [0.5, 0.6) is 0 Å². The molecule has 0 radical (unpaired) electrons. The number of furan rings is 1. The van der Waals surface area contributed by atoms with E-state index in [4.69, 9.17) is 8.94 Å². The van der Waals surface area contributed by atoms with Gasteiger partial charge in [-0.2, -0.15) is 5.10 Å². The lowest BCUT2D eigenvalue weighted by atomic mass is 10.2. The third-order valence-electron chi connectivity index (χ3n) is 3.65. The molecule has 0 saturated carbocycles. The average Bonchev–Trinajstić information content (AvgIpc) is 3.32. The van der Waals surface area contributed by atoms with Crippen molar-refractivity contribution < 1.29 is 13.7 Å². The quantitative estimate of drug-likeness (QED) is 0.618. The van der Waals surface area contributed by atoms with Crippen LogP contribution < -0.4 is 5.32 Å². The summed E-state index contributed by atoms with van der Waals surface area (Å²) in [6.07, 6.45) is 4.74. The lowest BCUT2D eigenvalue weighted by Crippen LogP contribution is -2.24. The van der Waals surface area contributed by atoms with Gasteiger partial charge in [-0.15, -0.1) is 0 Å². The molecule has 0 bridgehead atoms. The second-order valence-corrected chi connectivity index (χ2v) is 5.20. The van der Waals surface area contributed by atoms with Crippen molar-refractivity contribution in [3.8, 4) is 11.5 Å². The fourth-order valence-electron chi connectivity index (χ4n) is 2.41. The monoisotopic (exact) mass is 323 g/mol. The Labute approximate surface area is 136 Å². The van der Waals surface area contributed by atoms with E-state index in [0.717, 1.165) is 5.69 Å². The molecule has 8 heteroatoms. The van der Waals surface area contributed by atoms with Gasteiger partial charge in [0.15, 0.2) is 11.4 Å². The molecular formula is C16H13N5O3. The van der Waals surface area contributed by atoms with Crippen molar-refractivity contribution >= 4 is 11.6 Å². The molecular weight excluding hydrogens is 310 g/mol. The lowest BCUT2D eigenvalue weighted by Gasteiger charge is -2.07. The minimum absolute atomic E-state index is 0.236. The molecule has 4 aromatic rings. The van der Waals surface area contributed by atoms with Crippen molar-refractivity contribution in [1.82, 2.24) is 25.1 Å². The van der Waals surface area contributed by atoms with Crippen LogP contribution in [0.1, 0.15) is 21.7 Å². The van der Waals surface area contributed by atoms with Crippen LogP contribution in [0.4, 0.5) is 0 Å². The van der Waals surface area contributed by atoms with Gasteiger partial charge >= 0.3 is 0 Å². The van der Waals surface area contributed by atoms with Gasteiger partial charge in [-0.3, -0.25) is 4.79 Å². The van der Waals surface area contributed by atoms with E-state index >= 15 is 0 Å². The smallest absolute Gasteiger partial charge is 0.255 e. The van der Waals surface area contributed by atoms with E-state index in [9.17, 15) is 4.79 Å². The molecule has 0 aliphatic heterocycles. The molecule has 4 rings (SSSR count). The fraction of sp³-hybridized carbons (Fsp3) is 0.125. The van der Waals surface area contributed by atoms with Crippen molar-refractivity contribution in [2.45, 2.75) is 13.5 Å². The van der Waals surface area contributed by atoms with Gasteiger partial charge in [-0.1, -0.05) is 5.16 Å². The Bertz CT molecular complexity index is 1000. The number of hydrogen-bond donors (Lipinski definition) is 1. The predicted octanol–water partition coefficient (Wildman–Crippen LogP) is 2.22. The van der Waals surface area contributed by atoms with Gasteiger partial charge in [0, 0.05) is 18.3 Å². The maximum Gasteiger partial charge on any atom is 0.255 e. The minimum Gasteiger partial charge on any atom is -0.461 e. The molecule has 120 valence electrons. The number of aryl methyl sites for hydroxylation is 1. The topological polar surface area (TPSA) is 98.5 Å². The number of amides is 1. The van der Waals surface area contributed by atoms with Crippen LogP contribution in [0, 0.1) is 6.92 Å². The summed E-state index contributed by atoms with van der Waals surface area (Å²) in [6.45, 7) is 2.06. The molecule has 0 aromatic carbocycles. The Hall–Kier alpha value is -3.42. The number of aromatic nitrogens is 4. The second kappa shape index (κ2) is 5.65. The van der Waals surface area contributed by atoms with Gasteiger partial charge < -0.3 is 14.3 Å². The van der Waals surface area contributed by atoms with E-state index in [2.05, 4.69) is 20.6 Å². The second-order valence-electron chi connectivity index (χ2n) is 5.20. The van der Waals surface area contributed by atoms with Crippen LogP contribution in [0.25, 0.3) is 17.2 Å². The van der Waals surface area contributed by atoms with Gasteiger partial charge in [-0.05, 0) is 19.1 Å². The van der Waals surface area contributed by atoms with E-state index in [0.29, 0.717) is 28.4 Å². The molecule has 0 unspecified atom stereocenters. The summed E-state index contributed by atoms with van der Waals surface area (Å²) in [7, 11) is 0. The van der Waals surface area contributed by atoms with Crippen LogP contribution in [-0.2, 0) is 6.54 Å². The molecule has 0 aliphatic carbocycles. The van der Waals surface area contributed by atoms with Crippen molar-refractivity contribution in [3.05, 3.63) is 59.9 Å². The summed E-state index contributed by atoms with van der Waals surface area (Å²) in [5.41, 5.74) is 2.48. The Morgan fingerprint density at radius 2 is 2.25 bits per heavy atom. The SMILES string of the molecule is Cc1c(C(=O)NCc2cc(-c3ccco3)on2)cnc2ccnn12. The zero-order valence-electron chi connectivity index (χ0n) is 12.8. The van der Waals surface area contributed by atoms with Crippen molar-refractivity contribution in [3.63, 3.8) is 0 Å². The molecule has 0 spiro atoms. The molecule has 4 heterocycles. The van der Waals surface area contributed by atoms with Gasteiger partial charge in [0.2, 0.25) is 5.76 Å². The third-order valence-corrected chi connectivity index (χ3v) is 3.65. The average molecular weight is 323 g/mol. The summed E-state index contributed by atoms with van der Waals surface area (Å²) in [5.74, 6) is 0.851. The molecule has 24 heavy (non-hydrogen) atoms. The first-order valence-corrected chi connectivity index (χ1v) is 7.29. The first-order valence-electron chi connectivity index (χ1n) is 7.29. The first kappa shape index (κ1) is 14.2. The Kier molecular flexibility index (Phi) is 3.34. The molecule has 0 aliphatic rings. The summed E-state index contributed by atoms with van der Waals surface area (Å²) in [6, 6.07) is 7.04. The molecule has 4 aromatic heterocycles. The molecule has 0 saturated heterocycles. The van der Waals surface area contributed by atoms with Gasteiger partial charge in [0.05, 0.1) is 30.3 Å². The van der Waals surface area contributed by atoms with E-state index in [1.807, 2.05) is 6.92 Å². The highest BCUT2D eigenvalue weighted by Crippen LogP contribution is 2.20. The van der Waals surface area contributed by atoms with Crippen molar-refractivity contribution in [2.24, 2.45) is 0 Å². The number of rotatable bonds is 4. The standard InChI is InChI=1S/C16H13N5O3/c1-10-12(9-17-15-4-5-19-21(10)15)16(22)18-8-11-7-14(24-20-11)13-3-2-6-23-13/h2-7,9H,8H2,1H3,(H,18,22). The zero-order valence-corrected chi connectivity index (χ0v) is 12.8. The fourth-order valence-corrected chi connectivity index (χ4v) is 2.41. The highest BCUT2D eigenvalue weighted by atomic mass is 16.5. The molecule has 1 N–H and O–H groups in total. The summed E-state index contributed by atoms with van der Waals surface area (Å²) >= 11 is 0. The van der Waals surface area contributed by atoms with E-state index in [1.165, 1.54) is 0 Å².